The van der Waals surface area contributed by atoms with Crippen molar-refractivity contribution in [3.63, 3.8) is 0 Å². The molecule has 0 aliphatic rings. The largest absolute Gasteiger partial charge is 0.759 e. The molecule has 0 saturated carbocycles. The van der Waals surface area contributed by atoms with Gasteiger partial charge in [0.1, 0.15) is 0 Å². The van der Waals surface area contributed by atoms with Gasteiger partial charge in [0, 0.05) is 10.4 Å². The lowest BCUT2D eigenvalue weighted by Gasteiger charge is -2.06. The van der Waals surface area contributed by atoms with Crippen LogP contribution in [0.25, 0.3) is 0 Å². The van der Waals surface area contributed by atoms with Crippen LogP contribution in [-0.2, 0) is 10.4 Å². The van der Waals surface area contributed by atoms with Gasteiger partial charge < -0.3 is 9.11 Å². The van der Waals surface area contributed by atoms with Crippen LogP contribution in [0.2, 0.25) is 0 Å². The summed E-state index contributed by atoms with van der Waals surface area (Å²) in [7, 11) is -5.17. The van der Waals surface area contributed by atoms with E-state index in [0.29, 0.717) is 0 Å². The maximum atomic E-state index is 8.52. The number of aryl methyl sites for hydroxylation is 3. The minimum Gasteiger partial charge on any atom is -0.759 e. The molecule has 1 rings (SSSR count). The van der Waals surface area contributed by atoms with Crippen LogP contribution in [0, 0.1) is 20.8 Å². The molecule has 0 atom stereocenters. The molecule has 14 heavy (non-hydrogen) atoms. The van der Waals surface area contributed by atoms with Crippen molar-refractivity contribution in [2.75, 3.05) is 0 Å². The van der Waals surface area contributed by atoms with E-state index in [9.17, 15) is 0 Å². The highest BCUT2D eigenvalue weighted by atomic mass is 32.3. The standard InChI is InChI=1S/C9H12.H2O4S/c1-7-4-8(2)6-9(3)5-7;1-5(2,3)4/h4-6H,1-3H3;(H2,1,2,3,4)/p-2. The summed E-state index contributed by atoms with van der Waals surface area (Å²) in [6.07, 6.45) is 0. The maximum Gasteiger partial charge on any atom is 0.0311 e. The summed E-state index contributed by atoms with van der Waals surface area (Å²) in [5.74, 6) is 0. The maximum absolute atomic E-state index is 8.52. The van der Waals surface area contributed by atoms with Crippen molar-refractivity contribution in [3.05, 3.63) is 34.9 Å². The predicted molar refractivity (Wildman–Crippen MR) is 51.1 cm³/mol. The van der Waals surface area contributed by atoms with Gasteiger partial charge in [-0.2, -0.15) is 0 Å². The molecule has 1 aromatic carbocycles. The molecule has 0 bridgehead atoms. The van der Waals surface area contributed by atoms with E-state index in [4.69, 9.17) is 17.5 Å². The van der Waals surface area contributed by atoms with Gasteiger partial charge in [0.15, 0.2) is 0 Å². The molecule has 0 aliphatic heterocycles. The fraction of sp³-hybridized carbons (Fsp3) is 0.333. The fourth-order valence-electron chi connectivity index (χ4n) is 1.20. The SMILES string of the molecule is Cc1cc(C)cc(C)c1.O=S(=O)([O-])[O-]. The predicted octanol–water partition coefficient (Wildman–Crippen LogP) is 1.27. The second-order valence-corrected chi connectivity index (χ2v) is 3.89. The van der Waals surface area contributed by atoms with Gasteiger partial charge >= 0.3 is 0 Å². The minimum absolute atomic E-state index is 1.35. The molecular weight excluding hydrogens is 204 g/mol. The minimum atomic E-state index is -5.17. The molecule has 0 saturated heterocycles. The van der Waals surface area contributed by atoms with Gasteiger partial charge in [0.25, 0.3) is 0 Å². The van der Waals surface area contributed by atoms with Crippen LogP contribution >= 0.6 is 0 Å². The summed E-state index contributed by atoms with van der Waals surface area (Å²) >= 11 is 0. The van der Waals surface area contributed by atoms with Crippen LogP contribution in [0.5, 0.6) is 0 Å². The lowest BCUT2D eigenvalue weighted by molar-refractivity contribution is 0.352. The highest BCUT2D eigenvalue weighted by Gasteiger charge is 1.87. The van der Waals surface area contributed by atoms with E-state index in [1.54, 1.807) is 0 Å². The monoisotopic (exact) mass is 216 g/mol. The Morgan fingerprint density at radius 1 is 0.857 bits per heavy atom. The molecule has 0 N–H and O–H groups in total. The average Bonchev–Trinajstić information content (AvgIpc) is 1.77. The van der Waals surface area contributed by atoms with Crippen LogP contribution < -0.4 is 0 Å². The molecule has 0 aromatic heterocycles. The Balaban J connectivity index is 0.000000292. The van der Waals surface area contributed by atoms with Crippen LogP contribution in [0.4, 0.5) is 0 Å². The summed E-state index contributed by atoms with van der Waals surface area (Å²) < 4.78 is 34.1. The summed E-state index contributed by atoms with van der Waals surface area (Å²) in [5, 5.41) is 0. The van der Waals surface area contributed by atoms with Gasteiger partial charge in [0.05, 0.1) is 0 Å². The lowest BCUT2D eigenvalue weighted by Crippen LogP contribution is -1.91. The van der Waals surface area contributed by atoms with Crippen LogP contribution in [0.1, 0.15) is 16.7 Å². The molecule has 0 unspecified atom stereocenters. The molecule has 0 fully saturated rings. The van der Waals surface area contributed by atoms with E-state index in [0.717, 1.165) is 0 Å². The molecule has 5 heteroatoms. The molecule has 0 spiro atoms. The molecule has 0 heterocycles. The van der Waals surface area contributed by atoms with Gasteiger partial charge in [-0.05, 0) is 20.8 Å². The normalized spacial score (nSPS) is 10.4. The summed E-state index contributed by atoms with van der Waals surface area (Å²) in [6.45, 7) is 6.38. The molecule has 0 aliphatic carbocycles. The Hall–Kier alpha value is -0.910. The number of hydrogen-bond donors (Lipinski definition) is 0. The first-order chi connectivity index (χ1) is 6.18. The van der Waals surface area contributed by atoms with E-state index in [2.05, 4.69) is 39.0 Å². The smallest absolute Gasteiger partial charge is 0.0311 e. The second-order valence-electron chi connectivity index (χ2n) is 3.07. The van der Waals surface area contributed by atoms with Crippen molar-refractivity contribution in [2.45, 2.75) is 20.8 Å². The lowest BCUT2D eigenvalue weighted by atomic mass is 10.1. The Kier molecular flexibility index (Phi) is 4.76. The van der Waals surface area contributed by atoms with Gasteiger partial charge in [-0.1, -0.05) is 34.9 Å². The van der Waals surface area contributed by atoms with Gasteiger partial charge in [0.2, 0.25) is 0 Å². The molecular formula is C9H12O4S-2. The van der Waals surface area contributed by atoms with Crippen LogP contribution in [-0.4, -0.2) is 17.5 Å². The Bertz CT molecular complexity index is 337. The quantitative estimate of drug-likeness (QED) is 0.483. The number of rotatable bonds is 0. The number of benzene rings is 1. The van der Waals surface area contributed by atoms with Crippen molar-refractivity contribution >= 4 is 10.4 Å². The Morgan fingerprint density at radius 3 is 1.14 bits per heavy atom. The number of hydrogen-bond acceptors (Lipinski definition) is 4. The first-order valence-corrected chi connectivity index (χ1v) is 5.23. The Morgan fingerprint density at radius 2 is 1.00 bits per heavy atom. The first kappa shape index (κ1) is 13.1. The molecule has 0 radical (unpaired) electrons. The van der Waals surface area contributed by atoms with Crippen molar-refractivity contribution < 1.29 is 17.5 Å². The third-order valence-corrected chi connectivity index (χ3v) is 1.37. The summed E-state index contributed by atoms with van der Waals surface area (Å²) in [6, 6.07) is 6.56. The molecule has 80 valence electrons. The van der Waals surface area contributed by atoms with E-state index in [1.807, 2.05) is 0 Å². The zero-order valence-electron chi connectivity index (χ0n) is 8.27. The average molecular weight is 216 g/mol. The van der Waals surface area contributed by atoms with Crippen LogP contribution in [0.15, 0.2) is 18.2 Å². The van der Waals surface area contributed by atoms with Gasteiger partial charge in [-0.3, -0.25) is 8.42 Å². The van der Waals surface area contributed by atoms with Crippen molar-refractivity contribution in [2.24, 2.45) is 0 Å². The third-order valence-electron chi connectivity index (χ3n) is 1.37. The zero-order valence-corrected chi connectivity index (χ0v) is 9.09. The summed E-state index contributed by atoms with van der Waals surface area (Å²) in [4.78, 5) is 0. The zero-order chi connectivity index (χ0) is 11.4. The fourth-order valence-corrected chi connectivity index (χ4v) is 1.20. The van der Waals surface area contributed by atoms with Crippen molar-refractivity contribution in [3.8, 4) is 0 Å². The third kappa shape index (κ3) is 9.18. The summed E-state index contributed by atoms with van der Waals surface area (Å²) in [5.41, 5.74) is 4.06. The van der Waals surface area contributed by atoms with E-state index in [1.165, 1.54) is 16.7 Å². The highest BCUT2D eigenvalue weighted by Crippen LogP contribution is 2.06. The van der Waals surface area contributed by atoms with E-state index < -0.39 is 10.4 Å². The second kappa shape index (κ2) is 5.09. The molecule has 0 amide bonds. The first-order valence-electron chi connectivity index (χ1n) is 3.90. The van der Waals surface area contributed by atoms with Gasteiger partial charge in [-0.15, -0.1) is 0 Å². The van der Waals surface area contributed by atoms with Crippen molar-refractivity contribution in [1.82, 2.24) is 0 Å². The van der Waals surface area contributed by atoms with E-state index >= 15 is 0 Å². The highest BCUT2D eigenvalue weighted by molar-refractivity contribution is 7.79. The van der Waals surface area contributed by atoms with Crippen LogP contribution in [0.3, 0.4) is 0 Å². The van der Waals surface area contributed by atoms with E-state index in [-0.39, 0.29) is 0 Å². The topological polar surface area (TPSA) is 80.3 Å². The van der Waals surface area contributed by atoms with Gasteiger partial charge in [-0.25, -0.2) is 0 Å². The molecule has 1 aromatic rings. The molecule has 4 nitrogen and oxygen atoms in total. The van der Waals surface area contributed by atoms with Crippen molar-refractivity contribution in [1.29, 1.82) is 0 Å². The Labute approximate surface area is 84.2 Å².